The van der Waals surface area contributed by atoms with Crippen LogP contribution in [0, 0.1) is 0 Å². The molecule has 0 aromatic rings. The molecule has 3 N–H and O–H groups in total. The smallest absolute Gasteiger partial charge is 0.410 e. The second-order valence-corrected chi connectivity index (χ2v) is 5.21. The van der Waals surface area contributed by atoms with Crippen LogP contribution in [-0.4, -0.2) is 46.4 Å². The van der Waals surface area contributed by atoms with Crippen LogP contribution in [0.1, 0.15) is 33.6 Å². The topological polar surface area (TPSA) is 75.8 Å². The van der Waals surface area contributed by atoms with Crippen molar-refractivity contribution in [1.82, 2.24) is 4.90 Å². The van der Waals surface area contributed by atoms with Gasteiger partial charge in [-0.2, -0.15) is 0 Å². The van der Waals surface area contributed by atoms with Crippen molar-refractivity contribution >= 4 is 23.3 Å². The van der Waals surface area contributed by atoms with E-state index in [2.05, 4.69) is 0 Å². The van der Waals surface area contributed by atoms with Crippen molar-refractivity contribution in [2.75, 3.05) is 13.7 Å². The predicted molar refractivity (Wildman–Crippen MR) is 70.9 cm³/mol. The first-order valence-corrected chi connectivity index (χ1v) is 5.96. The molecule has 1 heterocycles. The molecule has 1 aliphatic heterocycles. The van der Waals surface area contributed by atoms with E-state index in [1.165, 1.54) is 0 Å². The average Bonchev–Trinajstić information content (AvgIpc) is 2.66. The van der Waals surface area contributed by atoms with E-state index in [9.17, 15) is 4.79 Å². The van der Waals surface area contributed by atoms with E-state index < -0.39 is 5.60 Å². The van der Waals surface area contributed by atoms with Crippen molar-refractivity contribution in [3.8, 4) is 0 Å². The molecule has 1 atom stereocenters. The highest BCUT2D eigenvalue weighted by Crippen LogP contribution is 2.20. The first-order valence-electron chi connectivity index (χ1n) is 5.55. The van der Waals surface area contributed by atoms with Gasteiger partial charge < -0.3 is 15.6 Å². The van der Waals surface area contributed by atoms with Gasteiger partial charge in [0.2, 0.25) is 0 Å². The number of likely N-dealkylation sites (tertiary alicyclic amines) is 1. The Kier molecular flexibility index (Phi) is 6.41. The van der Waals surface area contributed by atoms with Crippen LogP contribution in [0.15, 0.2) is 0 Å². The normalized spacial score (nSPS) is 19.4. The van der Waals surface area contributed by atoms with Crippen LogP contribution < -0.4 is 5.73 Å². The van der Waals surface area contributed by atoms with Gasteiger partial charge in [-0.05, 0) is 33.6 Å². The highest BCUT2D eigenvalue weighted by atomic mass is 32.1. The van der Waals surface area contributed by atoms with Gasteiger partial charge in [-0.3, -0.25) is 4.90 Å². The number of hydrogen-bond acceptors (Lipinski definition) is 4. The predicted octanol–water partition coefficient (Wildman–Crippen LogP) is 1.28. The third kappa shape index (κ3) is 5.32. The molecule has 1 aliphatic rings. The van der Waals surface area contributed by atoms with Crippen LogP contribution in [-0.2, 0) is 4.74 Å². The van der Waals surface area contributed by atoms with Gasteiger partial charge in [0.15, 0.2) is 0 Å². The van der Waals surface area contributed by atoms with Crippen LogP contribution in [0.3, 0.4) is 0 Å². The molecule has 1 fully saturated rings. The molecule has 0 saturated carbocycles. The molecule has 5 nitrogen and oxygen atoms in total. The minimum Gasteiger partial charge on any atom is -0.444 e. The molecule has 100 valence electrons. The molecular weight excluding hydrogens is 240 g/mol. The molecule has 1 rings (SSSR count). The summed E-state index contributed by atoms with van der Waals surface area (Å²) in [5, 5.41) is 7.00. The molecule has 0 spiro atoms. The quantitative estimate of drug-likeness (QED) is 0.696. The minimum atomic E-state index is -0.472. The number of carbonyl (C=O) groups is 1. The van der Waals surface area contributed by atoms with Crippen LogP contribution >= 0.6 is 12.2 Å². The van der Waals surface area contributed by atoms with Gasteiger partial charge >= 0.3 is 6.09 Å². The first kappa shape index (κ1) is 16.1. The Morgan fingerprint density at radius 3 is 2.41 bits per heavy atom. The van der Waals surface area contributed by atoms with Crippen molar-refractivity contribution in [2.45, 2.75) is 45.3 Å². The summed E-state index contributed by atoms with van der Waals surface area (Å²) in [5.41, 5.74) is 5.10. The number of aliphatic hydroxyl groups is 1. The number of nitrogens with two attached hydrogens (primary N) is 1. The van der Waals surface area contributed by atoms with Gasteiger partial charge in [-0.15, -0.1) is 0 Å². The average molecular weight is 262 g/mol. The van der Waals surface area contributed by atoms with E-state index in [1.54, 1.807) is 4.90 Å². The second kappa shape index (κ2) is 6.76. The third-order valence-electron chi connectivity index (χ3n) is 2.21. The van der Waals surface area contributed by atoms with Crippen LogP contribution in [0.4, 0.5) is 4.79 Å². The van der Waals surface area contributed by atoms with Crippen molar-refractivity contribution < 1.29 is 14.6 Å². The van der Waals surface area contributed by atoms with Crippen molar-refractivity contribution in [3.63, 3.8) is 0 Å². The van der Waals surface area contributed by atoms with Gasteiger partial charge in [0.1, 0.15) is 5.60 Å². The first-order chi connectivity index (χ1) is 7.81. The fourth-order valence-corrected chi connectivity index (χ4v) is 1.85. The summed E-state index contributed by atoms with van der Waals surface area (Å²) in [7, 11) is 1.00. The number of ether oxygens (including phenoxy) is 1. The largest absolute Gasteiger partial charge is 0.444 e. The lowest BCUT2D eigenvalue weighted by molar-refractivity contribution is 0.0266. The highest BCUT2D eigenvalue weighted by Gasteiger charge is 2.33. The number of carbonyl (C=O) groups excluding carboxylic acids is 1. The molecule has 1 saturated heterocycles. The number of aliphatic hydroxyl groups excluding tert-OH is 1. The summed E-state index contributed by atoms with van der Waals surface area (Å²) in [6, 6.07) is -0.130. The molecule has 0 aliphatic carbocycles. The van der Waals surface area contributed by atoms with Crippen LogP contribution in [0.2, 0.25) is 0 Å². The minimum absolute atomic E-state index is 0.130. The Balaban J connectivity index is 0.00000121. The second-order valence-electron chi connectivity index (χ2n) is 4.73. The Morgan fingerprint density at radius 1 is 1.47 bits per heavy atom. The summed E-state index contributed by atoms with van der Waals surface area (Å²) in [5.74, 6) is 0. The number of thiocarbonyl (C=S) groups is 1. The molecule has 0 radical (unpaired) electrons. The number of amides is 1. The number of nitrogens with zero attached hydrogens (tertiary/aromatic N) is 1. The van der Waals surface area contributed by atoms with Crippen LogP contribution in [0.25, 0.3) is 0 Å². The molecule has 0 aromatic carbocycles. The van der Waals surface area contributed by atoms with Gasteiger partial charge in [0.05, 0.1) is 11.0 Å². The number of rotatable bonds is 1. The molecule has 0 bridgehead atoms. The lowest BCUT2D eigenvalue weighted by Gasteiger charge is -2.27. The van der Waals surface area contributed by atoms with Gasteiger partial charge in [-0.1, -0.05) is 12.2 Å². The van der Waals surface area contributed by atoms with Crippen molar-refractivity contribution in [3.05, 3.63) is 0 Å². The summed E-state index contributed by atoms with van der Waals surface area (Å²) in [6.07, 6.45) is 1.45. The van der Waals surface area contributed by atoms with E-state index in [-0.39, 0.29) is 12.1 Å². The molecule has 0 aromatic heterocycles. The van der Waals surface area contributed by atoms with E-state index in [0.717, 1.165) is 20.0 Å². The van der Waals surface area contributed by atoms with Crippen LogP contribution in [0.5, 0.6) is 0 Å². The fraction of sp³-hybridized carbons (Fsp3) is 0.818. The molecule has 1 amide bonds. The maximum Gasteiger partial charge on any atom is 0.410 e. The summed E-state index contributed by atoms with van der Waals surface area (Å²) < 4.78 is 5.27. The van der Waals surface area contributed by atoms with E-state index in [1.807, 2.05) is 20.8 Å². The summed E-state index contributed by atoms with van der Waals surface area (Å²) in [4.78, 5) is 13.8. The molecule has 1 unspecified atom stereocenters. The highest BCUT2D eigenvalue weighted by molar-refractivity contribution is 7.80. The lowest BCUT2D eigenvalue weighted by atomic mass is 10.2. The zero-order chi connectivity index (χ0) is 13.6. The Bertz CT molecular complexity index is 276. The standard InChI is InChI=1S/C10H18N2O2S.CH4O/c1-10(2,3)14-9(13)12-6-4-5-7(12)8(11)15;1-2/h7H,4-6H2,1-3H3,(H2,11,15);2H,1H3. The number of hydrogen-bond donors (Lipinski definition) is 2. The molecule has 6 heteroatoms. The fourth-order valence-electron chi connectivity index (χ4n) is 1.60. The van der Waals surface area contributed by atoms with E-state index in [4.69, 9.17) is 27.8 Å². The zero-order valence-electron chi connectivity index (χ0n) is 10.9. The van der Waals surface area contributed by atoms with Gasteiger partial charge in [-0.25, -0.2) is 4.79 Å². The Morgan fingerprint density at radius 2 is 2.00 bits per heavy atom. The Labute approximate surface area is 108 Å². The van der Waals surface area contributed by atoms with Crippen molar-refractivity contribution in [2.24, 2.45) is 5.73 Å². The maximum absolute atomic E-state index is 11.8. The van der Waals surface area contributed by atoms with Gasteiger partial charge in [0, 0.05) is 13.7 Å². The lowest BCUT2D eigenvalue weighted by Crippen LogP contribution is -2.45. The SMILES string of the molecule is CC(C)(C)OC(=O)N1CCCC1C(N)=S.CO. The monoisotopic (exact) mass is 262 g/mol. The van der Waals surface area contributed by atoms with E-state index in [0.29, 0.717) is 11.5 Å². The third-order valence-corrected chi connectivity index (χ3v) is 2.48. The maximum atomic E-state index is 11.8. The molecular formula is C11H22N2O3S. The summed E-state index contributed by atoms with van der Waals surface area (Å²) in [6.45, 7) is 6.21. The van der Waals surface area contributed by atoms with Crippen molar-refractivity contribution in [1.29, 1.82) is 0 Å². The Hall–Kier alpha value is -0.880. The van der Waals surface area contributed by atoms with Gasteiger partial charge in [0.25, 0.3) is 0 Å². The molecule has 17 heavy (non-hydrogen) atoms. The van der Waals surface area contributed by atoms with E-state index >= 15 is 0 Å². The summed E-state index contributed by atoms with van der Waals surface area (Å²) >= 11 is 4.92. The zero-order valence-corrected chi connectivity index (χ0v) is 11.7.